The van der Waals surface area contributed by atoms with Gasteiger partial charge >= 0.3 is 0 Å². The van der Waals surface area contributed by atoms with E-state index >= 15 is 0 Å². The zero-order valence-corrected chi connectivity index (χ0v) is 19.4. The Morgan fingerprint density at radius 3 is 2.61 bits per heavy atom. The van der Waals surface area contributed by atoms with Crippen molar-refractivity contribution in [1.82, 2.24) is 24.6 Å². The summed E-state index contributed by atoms with van der Waals surface area (Å²) in [5.74, 6) is 2.48. The first-order valence-corrected chi connectivity index (χ1v) is 11.4. The van der Waals surface area contributed by atoms with Crippen LogP contribution in [0.5, 0.6) is 5.88 Å². The monoisotopic (exact) mass is 449 g/mol. The molecule has 1 saturated heterocycles. The Bertz CT molecular complexity index is 1260. The first-order chi connectivity index (χ1) is 15.9. The van der Waals surface area contributed by atoms with Crippen LogP contribution in [0, 0.1) is 18.7 Å². The van der Waals surface area contributed by atoms with Gasteiger partial charge in [0.05, 0.1) is 12.2 Å². The van der Waals surface area contributed by atoms with Gasteiger partial charge in [-0.2, -0.15) is 10.1 Å². The Labute approximate surface area is 192 Å². The van der Waals surface area contributed by atoms with Gasteiger partial charge in [-0.15, -0.1) is 0 Å². The third-order valence-electron chi connectivity index (χ3n) is 6.19. The molecule has 0 bridgehead atoms. The lowest BCUT2D eigenvalue weighted by Gasteiger charge is -2.32. The van der Waals surface area contributed by atoms with Crippen molar-refractivity contribution < 1.29 is 9.13 Å². The first-order valence-electron chi connectivity index (χ1n) is 11.4. The third kappa shape index (κ3) is 4.07. The highest BCUT2D eigenvalue weighted by Gasteiger charge is 2.27. The Kier molecular flexibility index (Phi) is 5.55. The van der Waals surface area contributed by atoms with E-state index in [1.165, 1.54) is 12.4 Å². The number of ether oxygens (including phenoxy) is 1. The lowest BCUT2D eigenvalue weighted by atomic mass is 10.1. The number of piperidine rings is 1. The average Bonchev–Trinajstić information content (AvgIpc) is 3.40. The largest absolute Gasteiger partial charge is 0.473 e. The van der Waals surface area contributed by atoms with Gasteiger partial charge in [-0.05, 0) is 24.6 Å². The van der Waals surface area contributed by atoms with Crippen molar-refractivity contribution in [3.63, 3.8) is 0 Å². The molecule has 0 spiro atoms. The number of likely N-dealkylation sites (tertiary alicyclic amines) is 1. The summed E-state index contributed by atoms with van der Waals surface area (Å²) in [5.41, 5.74) is 3.07. The smallest absolute Gasteiger partial charge is 0.245 e. The van der Waals surface area contributed by atoms with Crippen molar-refractivity contribution in [2.24, 2.45) is 23.0 Å². The highest BCUT2D eigenvalue weighted by Crippen LogP contribution is 2.33. The number of hydrogen-bond acceptors (Lipinski definition) is 7. The van der Waals surface area contributed by atoms with Gasteiger partial charge in [0.2, 0.25) is 5.88 Å². The van der Waals surface area contributed by atoms with E-state index in [-0.39, 0.29) is 11.9 Å². The van der Waals surface area contributed by atoms with Crippen molar-refractivity contribution in [3.05, 3.63) is 35.9 Å². The molecule has 2 aromatic heterocycles. The highest BCUT2D eigenvalue weighted by atomic mass is 19.1. The van der Waals surface area contributed by atoms with E-state index in [0.717, 1.165) is 43.2 Å². The molecule has 2 aliphatic rings. The summed E-state index contributed by atoms with van der Waals surface area (Å²) in [7, 11) is 1.79. The number of hydrogen-bond donors (Lipinski definition) is 0. The molecule has 3 aromatic rings. The van der Waals surface area contributed by atoms with E-state index < -0.39 is 0 Å². The van der Waals surface area contributed by atoms with Crippen LogP contribution in [0.25, 0.3) is 22.3 Å². The van der Waals surface area contributed by atoms with E-state index in [2.05, 4.69) is 38.8 Å². The predicted octanol–water partition coefficient (Wildman–Crippen LogP) is 3.79. The van der Waals surface area contributed by atoms with Gasteiger partial charge in [-0.1, -0.05) is 19.9 Å². The molecule has 0 aliphatic carbocycles. The first kappa shape index (κ1) is 21.5. The van der Waals surface area contributed by atoms with Gasteiger partial charge in [0.25, 0.3) is 0 Å². The summed E-state index contributed by atoms with van der Waals surface area (Å²) >= 11 is 0. The minimum atomic E-state index is -0.298. The summed E-state index contributed by atoms with van der Waals surface area (Å²) in [6.07, 6.45) is 3.19. The molecule has 33 heavy (non-hydrogen) atoms. The Balaban J connectivity index is 1.33. The van der Waals surface area contributed by atoms with Crippen LogP contribution in [0.3, 0.4) is 0 Å². The number of amidine groups is 2. The number of fused-ring (bicyclic) bond motifs is 1. The SMILES string of the molecule is Cc1ccc(-c2c3ncnc(OC4CCN(C5=NC(C(C)C)=NC5)CC4)c3nn2C)c(F)c1. The Hall–Kier alpha value is -3.36. The average molecular weight is 450 g/mol. The molecule has 0 unspecified atom stereocenters. The second-order valence-electron chi connectivity index (χ2n) is 8.99. The Morgan fingerprint density at radius 1 is 1.12 bits per heavy atom. The van der Waals surface area contributed by atoms with Crippen molar-refractivity contribution in [3.8, 4) is 17.1 Å². The molecular formula is C24H28FN7O. The highest BCUT2D eigenvalue weighted by molar-refractivity contribution is 6.03. The van der Waals surface area contributed by atoms with E-state index in [9.17, 15) is 4.39 Å². The van der Waals surface area contributed by atoms with Crippen LogP contribution in [0.1, 0.15) is 32.3 Å². The van der Waals surface area contributed by atoms with Gasteiger partial charge in [0.1, 0.15) is 35.4 Å². The van der Waals surface area contributed by atoms with Crippen LogP contribution in [-0.2, 0) is 7.05 Å². The minimum absolute atomic E-state index is 0.0217. The van der Waals surface area contributed by atoms with Crippen molar-refractivity contribution in [1.29, 1.82) is 0 Å². The van der Waals surface area contributed by atoms with E-state index in [4.69, 9.17) is 9.73 Å². The molecule has 9 heteroatoms. The van der Waals surface area contributed by atoms with Crippen LogP contribution in [0.4, 0.5) is 4.39 Å². The second-order valence-corrected chi connectivity index (χ2v) is 8.99. The quantitative estimate of drug-likeness (QED) is 0.605. The molecule has 0 N–H and O–H groups in total. The van der Waals surface area contributed by atoms with Crippen LogP contribution < -0.4 is 4.74 Å². The fourth-order valence-electron chi connectivity index (χ4n) is 4.41. The van der Waals surface area contributed by atoms with Gasteiger partial charge in [0.15, 0.2) is 5.52 Å². The molecule has 0 saturated carbocycles. The number of aliphatic imine (C=N–C) groups is 2. The summed E-state index contributed by atoms with van der Waals surface area (Å²) in [4.78, 5) is 20.3. The summed E-state index contributed by atoms with van der Waals surface area (Å²) in [6.45, 7) is 8.48. The molecule has 0 atom stereocenters. The Morgan fingerprint density at radius 2 is 1.91 bits per heavy atom. The fraction of sp³-hybridized carbons (Fsp3) is 0.458. The van der Waals surface area contributed by atoms with E-state index in [0.29, 0.717) is 40.6 Å². The standard InChI is InChI=1S/C24H28FN7O/c1-14(2)23-26-12-19(29-23)32-9-7-16(8-10-32)33-24-21-20(27-13-28-24)22(31(4)30-21)17-6-5-15(3)11-18(17)25/h5-6,11,13-14,16H,7-10,12H2,1-4H3. The molecule has 5 rings (SSSR count). The molecule has 4 heterocycles. The second kappa shape index (κ2) is 8.53. The zero-order chi connectivity index (χ0) is 23.1. The normalized spacial score (nSPS) is 17.1. The maximum atomic E-state index is 14.7. The van der Waals surface area contributed by atoms with Crippen molar-refractivity contribution in [2.45, 2.75) is 39.7 Å². The number of halogens is 1. The predicted molar refractivity (Wildman–Crippen MR) is 126 cm³/mol. The summed E-state index contributed by atoms with van der Waals surface area (Å²) in [6, 6.07) is 5.16. The number of aryl methyl sites for hydroxylation is 2. The van der Waals surface area contributed by atoms with Crippen LogP contribution in [0.15, 0.2) is 34.5 Å². The van der Waals surface area contributed by atoms with Gasteiger partial charge < -0.3 is 9.64 Å². The maximum Gasteiger partial charge on any atom is 0.245 e. The number of nitrogens with zero attached hydrogens (tertiary/aromatic N) is 7. The lowest BCUT2D eigenvalue weighted by molar-refractivity contribution is 0.127. The number of aromatic nitrogens is 4. The number of rotatable bonds is 4. The van der Waals surface area contributed by atoms with E-state index in [1.807, 2.05) is 13.0 Å². The number of benzene rings is 1. The molecule has 0 amide bonds. The topological polar surface area (TPSA) is 80.8 Å². The fourth-order valence-corrected chi connectivity index (χ4v) is 4.41. The van der Waals surface area contributed by atoms with Crippen LogP contribution in [-0.4, -0.2) is 62.1 Å². The van der Waals surface area contributed by atoms with Gasteiger partial charge in [-0.3, -0.25) is 9.67 Å². The van der Waals surface area contributed by atoms with Gasteiger partial charge in [0, 0.05) is 44.5 Å². The molecule has 8 nitrogen and oxygen atoms in total. The van der Waals surface area contributed by atoms with Crippen molar-refractivity contribution >= 4 is 22.7 Å². The summed E-state index contributed by atoms with van der Waals surface area (Å²) in [5, 5.41) is 4.58. The van der Waals surface area contributed by atoms with Gasteiger partial charge in [-0.25, -0.2) is 14.4 Å². The lowest BCUT2D eigenvalue weighted by Crippen LogP contribution is -2.42. The van der Waals surface area contributed by atoms with Crippen LogP contribution in [0.2, 0.25) is 0 Å². The third-order valence-corrected chi connectivity index (χ3v) is 6.19. The minimum Gasteiger partial charge on any atom is -0.473 e. The molecule has 0 radical (unpaired) electrons. The molecule has 1 aromatic carbocycles. The molecule has 2 aliphatic heterocycles. The maximum absolute atomic E-state index is 14.7. The molecule has 172 valence electrons. The zero-order valence-electron chi connectivity index (χ0n) is 19.4. The van der Waals surface area contributed by atoms with Crippen molar-refractivity contribution in [2.75, 3.05) is 19.6 Å². The summed E-state index contributed by atoms with van der Waals surface area (Å²) < 4.78 is 22.6. The molecule has 1 fully saturated rings. The van der Waals surface area contributed by atoms with Crippen LogP contribution >= 0.6 is 0 Å². The van der Waals surface area contributed by atoms with E-state index in [1.54, 1.807) is 17.8 Å². The molecular weight excluding hydrogens is 421 g/mol.